The van der Waals surface area contributed by atoms with Crippen LogP contribution >= 0.6 is 0 Å². The first-order chi connectivity index (χ1) is 9.52. The number of aryl methyl sites for hydroxylation is 2. The van der Waals surface area contributed by atoms with Crippen LogP contribution in [0.2, 0.25) is 0 Å². The zero-order chi connectivity index (χ0) is 14.4. The van der Waals surface area contributed by atoms with Crippen molar-refractivity contribution in [2.45, 2.75) is 32.4 Å². The summed E-state index contributed by atoms with van der Waals surface area (Å²) in [7, 11) is 0. The van der Waals surface area contributed by atoms with Gasteiger partial charge in [0.1, 0.15) is 11.3 Å². The summed E-state index contributed by atoms with van der Waals surface area (Å²) < 4.78 is 1.93. The number of aliphatic hydroxyl groups excluding tert-OH is 2. The van der Waals surface area contributed by atoms with Crippen molar-refractivity contribution < 1.29 is 10.2 Å². The number of nitrogens with zero attached hydrogens (tertiary/aromatic N) is 4. The maximum atomic E-state index is 10.0. The molecule has 0 bridgehead atoms. The van der Waals surface area contributed by atoms with Gasteiger partial charge in [-0.3, -0.25) is 0 Å². The van der Waals surface area contributed by atoms with E-state index >= 15 is 0 Å². The Morgan fingerprint density at radius 3 is 2.80 bits per heavy atom. The van der Waals surface area contributed by atoms with Gasteiger partial charge in [0.25, 0.3) is 0 Å². The number of fused-ring (bicyclic) bond motifs is 1. The molecular weight excluding hydrogens is 256 g/mol. The highest BCUT2D eigenvalue weighted by atomic mass is 16.3. The molecule has 20 heavy (non-hydrogen) atoms. The quantitative estimate of drug-likeness (QED) is 0.795. The molecule has 1 aliphatic rings. The Morgan fingerprint density at radius 2 is 2.15 bits per heavy atom. The highest BCUT2D eigenvalue weighted by Gasteiger charge is 2.37. The van der Waals surface area contributed by atoms with E-state index in [0.717, 1.165) is 22.4 Å². The van der Waals surface area contributed by atoms with E-state index in [1.165, 1.54) is 0 Å². The molecule has 0 amide bonds. The molecule has 0 spiro atoms. The third-order valence-electron chi connectivity index (χ3n) is 4.07. The van der Waals surface area contributed by atoms with Crippen LogP contribution in [0, 0.1) is 19.8 Å². The van der Waals surface area contributed by atoms with Gasteiger partial charge in [-0.1, -0.05) is 6.58 Å². The minimum Gasteiger partial charge on any atom is -0.396 e. The highest BCUT2D eigenvalue weighted by Crippen LogP contribution is 2.40. The summed E-state index contributed by atoms with van der Waals surface area (Å²) in [6, 6.07) is -0.0825. The molecule has 0 aromatic carbocycles. The summed E-state index contributed by atoms with van der Waals surface area (Å²) in [6.07, 6.45) is 1.67. The van der Waals surface area contributed by atoms with Gasteiger partial charge in [-0.2, -0.15) is 0 Å². The van der Waals surface area contributed by atoms with E-state index in [0.29, 0.717) is 12.2 Å². The van der Waals surface area contributed by atoms with Gasteiger partial charge >= 0.3 is 0 Å². The lowest BCUT2D eigenvalue weighted by atomic mass is 10.0. The Balaban J connectivity index is 2.10. The summed E-state index contributed by atoms with van der Waals surface area (Å²) in [6.45, 7) is 7.70. The second kappa shape index (κ2) is 4.64. The van der Waals surface area contributed by atoms with Crippen molar-refractivity contribution in [3.05, 3.63) is 30.0 Å². The van der Waals surface area contributed by atoms with Gasteiger partial charge in [0.2, 0.25) is 0 Å². The van der Waals surface area contributed by atoms with E-state index in [-0.39, 0.29) is 18.6 Å². The molecule has 3 unspecified atom stereocenters. The Labute approximate surface area is 116 Å². The molecule has 3 atom stereocenters. The molecule has 3 rings (SSSR count). The van der Waals surface area contributed by atoms with Crippen LogP contribution in [0.5, 0.6) is 0 Å². The average molecular weight is 274 g/mol. The van der Waals surface area contributed by atoms with Gasteiger partial charge in [0, 0.05) is 5.92 Å². The molecule has 6 heteroatoms. The van der Waals surface area contributed by atoms with E-state index < -0.39 is 6.10 Å². The van der Waals surface area contributed by atoms with Crippen LogP contribution in [0.15, 0.2) is 18.5 Å². The SMILES string of the molecule is C=C1C(CO)C(O)CC1n1cnc2c(C)nc(C)nc21. The van der Waals surface area contributed by atoms with Crippen LogP contribution in [-0.2, 0) is 0 Å². The van der Waals surface area contributed by atoms with Gasteiger partial charge in [-0.05, 0) is 25.8 Å². The van der Waals surface area contributed by atoms with Crippen LogP contribution in [0.4, 0.5) is 0 Å². The number of imidazole rings is 1. The van der Waals surface area contributed by atoms with Crippen molar-refractivity contribution in [3.8, 4) is 0 Å². The van der Waals surface area contributed by atoms with Gasteiger partial charge in [0.15, 0.2) is 5.65 Å². The lowest BCUT2D eigenvalue weighted by Crippen LogP contribution is -2.17. The van der Waals surface area contributed by atoms with Crippen LogP contribution < -0.4 is 0 Å². The van der Waals surface area contributed by atoms with Crippen LogP contribution in [0.3, 0.4) is 0 Å². The molecule has 0 radical (unpaired) electrons. The van der Waals surface area contributed by atoms with Crippen molar-refractivity contribution in [2.75, 3.05) is 6.61 Å². The molecule has 0 aliphatic heterocycles. The van der Waals surface area contributed by atoms with Gasteiger partial charge < -0.3 is 14.8 Å². The highest BCUT2D eigenvalue weighted by molar-refractivity contribution is 5.73. The lowest BCUT2D eigenvalue weighted by Gasteiger charge is -2.15. The minimum atomic E-state index is -0.570. The fourth-order valence-corrected chi connectivity index (χ4v) is 2.99. The summed E-state index contributed by atoms with van der Waals surface area (Å²) in [4.78, 5) is 13.1. The molecule has 106 valence electrons. The predicted molar refractivity (Wildman–Crippen MR) is 74.2 cm³/mol. The van der Waals surface area contributed by atoms with E-state index in [1.807, 2.05) is 18.4 Å². The summed E-state index contributed by atoms with van der Waals surface area (Å²) >= 11 is 0. The van der Waals surface area contributed by atoms with Gasteiger partial charge in [-0.15, -0.1) is 0 Å². The molecule has 1 aliphatic carbocycles. The van der Waals surface area contributed by atoms with Crippen molar-refractivity contribution in [1.82, 2.24) is 19.5 Å². The Bertz CT molecular complexity index is 679. The summed E-state index contributed by atoms with van der Waals surface area (Å²) in [5.41, 5.74) is 3.19. The molecule has 2 aromatic heterocycles. The summed E-state index contributed by atoms with van der Waals surface area (Å²) in [5, 5.41) is 19.4. The maximum absolute atomic E-state index is 10.0. The molecule has 1 fully saturated rings. The van der Waals surface area contributed by atoms with Crippen LogP contribution in [-0.4, -0.2) is 42.4 Å². The fraction of sp³-hybridized carbons (Fsp3) is 0.500. The normalized spacial score (nSPS) is 26.6. The molecular formula is C14H18N4O2. The van der Waals surface area contributed by atoms with Crippen LogP contribution in [0.1, 0.15) is 24.0 Å². The molecule has 0 saturated heterocycles. The zero-order valence-corrected chi connectivity index (χ0v) is 11.6. The smallest absolute Gasteiger partial charge is 0.164 e. The van der Waals surface area contributed by atoms with Gasteiger partial charge in [-0.25, -0.2) is 15.0 Å². The zero-order valence-electron chi connectivity index (χ0n) is 11.6. The molecule has 6 nitrogen and oxygen atoms in total. The third-order valence-corrected chi connectivity index (χ3v) is 4.07. The fourth-order valence-electron chi connectivity index (χ4n) is 2.99. The monoisotopic (exact) mass is 274 g/mol. The van der Waals surface area contributed by atoms with Crippen molar-refractivity contribution in [2.24, 2.45) is 5.92 Å². The number of hydrogen-bond donors (Lipinski definition) is 2. The number of rotatable bonds is 2. The van der Waals surface area contributed by atoms with E-state index in [2.05, 4.69) is 21.5 Å². The molecule has 2 N–H and O–H groups in total. The Kier molecular flexibility index (Phi) is 3.07. The first-order valence-electron chi connectivity index (χ1n) is 6.68. The second-order valence-corrected chi connectivity index (χ2v) is 5.36. The van der Waals surface area contributed by atoms with Gasteiger partial charge in [0.05, 0.1) is 30.8 Å². The average Bonchev–Trinajstić information content (AvgIpc) is 2.91. The lowest BCUT2D eigenvalue weighted by molar-refractivity contribution is 0.101. The minimum absolute atomic E-state index is 0.0825. The first-order valence-corrected chi connectivity index (χ1v) is 6.68. The largest absolute Gasteiger partial charge is 0.396 e. The van der Waals surface area contributed by atoms with Crippen LogP contribution in [0.25, 0.3) is 11.2 Å². The van der Waals surface area contributed by atoms with Crippen molar-refractivity contribution in [1.29, 1.82) is 0 Å². The standard InChI is InChI=1S/C14H18N4O2/c1-7-10(5-19)12(20)4-11(7)18-6-15-13-8(2)16-9(3)17-14(13)18/h6,10-12,19-20H,1,4-5H2,2-3H3. The van der Waals surface area contributed by atoms with E-state index in [4.69, 9.17) is 0 Å². The number of aliphatic hydroxyl groups is 2. The second-order valence-electron chi connectivity index (χ2n) is 5.36. The third kappa shape index (κ3) is 1.83. The van der Waals surface area contributed by atoms with Crippen molar-refractivity contribution in [3.63, 3.8) is 0 Å². The molecule has 2 aromatic rings. The topological polar surface area (TPSA) is 84.1 Å². The predicted octanol–water partition coefficient (Wildman–Crippen LogP) is 0.914. The number of aromatic nitrogens is 4. The number of hydrogen-bond acceptors (Lipinski definition) is 5. The maximum Gasteiger partial charge on any atom is 0.164 e. The first kappa shape index (κ1) is 13.2. The molecule has 1 saturated carbocycles. The van der Waals surface area contributed by atoms with Crippen molar-refractivity contribution >= 4 is 11.2 Å². The Hall–Kier alpha value is -1.79. The molecule has 2 heterocycles. The Morgan fingerprint density at radius 1 is 1.40 bits per heavy atom. The van der Waals surface area contributed by atoms with E-state index in [9.17, 15) is 10.2 Å². The van der Waals surface area contributed by atoms with E-state index in [1.54, 1.807) is 6.33 Å². The summed E-state index contributed by atoms with van der Waals surface area (Å²) in [5.74, 6) is 0.418.